The minimum atomic E-state index is -3.46. The first-order chi connectivity index (χ1) is 9.97. The van der Waals surface area contributed by atoms with Gasteiger partial charge in [0.2, 0.25) is 10.0 Å². The Morgan fingerprint density at radius 3 is 2.67 bits per heavy atom. The van der Waals surface area contributed by atoms with Crippen molar-refractivity contribution in [3.05, 3.63) is 28.8 Å². The summed E-state index contributed by atoms with van der Waals surface area (Å²) < 4.78 is 27.3. The van der Waals surface area contributed by atoms with E-state index in [0.29, 0.717) is 17.5 Å². The Kier molecular flexibility index (Phi) is 5.66. The van der Waals surface area contributed by atoms with Crippen molar-refractivity contribution in [1.29, 1.82) is 0 Å². The molecule has 0 heterocycles. The van der Waals surface area contributed by atoms with Crippen LogP contribution in [0.2, 0.25) is 5.02 Å². The second-order valence-corrected chi connectivity index (χ2v) is 7.68. The lowest BCUT2D eigenvalue weighted by molar-refractivity contribution is 0.576. The van der Waals surface area contributed by atoms with Crippen LogP contribution in [0.25, 0.3) is 0 Å². The monoisotopic (exact) mass is 330 g/mol. The van der Waals surface area contributed by atoms with Gasteiger partial charge in [-0.3, -0.25) is 0 Å². The van der Waals surface area contributed by atoms with Gasteiger partial charge in [-0.25, -0.2) is 13.1 Å². The average Bonchev–Trinajstić information content (AvgIpc) is 3.18. The van der Waals surface area contributed by atoms with Crippen molar-refractivity contribution in [2.45, 2.75) is 50.6 Å². The fourth-order valence-electron chi connectivity index (χ4n) is 2.35. The zero-order chi connectivity index (χ0) is 15.5. The second-order valence-electron chi connectivity index (χ2n) is 5.56. The molecule has 2 unspecified atom stereocenters. The van der Waals surface area contributed by atoms with Crippen LogP contribution < -0.4 is 10.0 Å². The molecule has 1 aliphatic rings. The first kappa shape index (κ1) is 16.7. The summed E-state index contributed by atoms with van der Waals surface area (Å²) in [6.07, 6.45) is 2.99. The van der Waals surface area contributed by atoms with Crippen LogP contribution in [0, 0.1) is 5.92 Å². The van der Waals surface area contributed by atoms with E-state index >= 15 is 0 Å². The molecule has 0 aromatic heterocycles. The smallest absolute Gasteiger partial charge is 0.240 e. The lowest BCUT2D eigenvalue weighted by Crippen LogP contribution is -2.27. The summed E-state index contributed by atoms with van der Waals surface area (Å²) >= 11 is 6.19. The standard InChI is InChI=1S/C15H23ClN2O2S/c1-3-7-17-10-12-5-6-13(9-14(12)16)21(19,20)18-15-8-11(15)4-2/h5-6,9,11,15,17-18H,3-4,7-8,10H2,1-2H3. The van der Waals surface area contributed by atoms with Crippen LogP contribution in [0.3, 0.4) is 0 Å². The van der Waals surface area contributed by atoms with Gasteiger partial charge in [-0.15, -0.1) is 0 Å². The molecule has 1 aromatic carbocycles. The third-order valence-corrected chi connectivity index (χ3v) is 5.67. The summed E-state index contributed by atoms with van der Waals surface area (Å²) in [6.45, 7) is 5.74. The lowest BCUT2D eigenvalue weighted by atomic mass is 10.2. The fourth-order valence-corrected chi connectivity index (χ4v) is 4.00. The highest BCUT2D eigenvalue weighted by molar-refractivity contribution is 7.89. The van der Waals surface area contributed by atoms with Gasteiger partial charge in [0.05, 0.1) is 4.90 Å². The van der Waals surface area contributed by atoms with E-state index in [-0.39, 0.29) is 10.9 Å². The van der Waals surface area contributed by atoms with Gasteiger partial charge >= 0.3 is 0 Å². The highest BCUT2D eigenvalue weighted by Gasteiger charge is 2.38. The van der Waals surface area contributed by atoms with E-state index in [1.807, 2.05) is 0 Å². The molecule has 0 amide bonds. The number of benzene rings is 1. The summed E-state index contributed by atoms with van der Waals surface area (Å²) in [4.78, 5) is 0.244. The predicted molar refractivity (Wildman–Crippen MR) is 86.0 cm³/mol. The summed E-state index contributed by atoms with van der Waals surface area (Å²) in [5, 5.41) is 3.75. The Labute approximate surface area is 132 Å². The molecule has 1 aromatic rings. The number of hydrogen-bond donors (Lipinski definition) is 2. The zero-order valence-electron chi connectivity index (χ0n) is 12.5. The SMILES string of the molecule is CCCNCc1ccc(S(=O)(=O)NC2CC2CC)cc1Cl. The molecule has 0 spiro atoms. The highest BCUT2D eigenvalue weighted by Crippen LogP contribution is 2.34. The average molecular weight is 331 g/mol. The van der Waals surface area contributed by atoms with E-state index < -0.39 is 10.0 Å². The molecule has 2 rings (SSSR count). The third-order valence-electron chi connectivity index (χ3n) is 3.83. The van der Waals surface area contributed by atoms with Crippen molar-refractivity contribution in [3.63, 3.8) is 0 Å². The number of sulfonamides is 1. The summed E-state index contributed by atoms with van der Waals surface area (Å²) in [6, 6.07) is 5.03. The predicted octanol–water partition coefficient (Wildman–Crippen LogP) is 2.92. The molecule has 1 aliphatic carbocycles. The van der Waals surface area contributed by atoms with Crippen LogP contribution in [0.5, 0.6) is 0 Å². The maximum Gasteiger partial charge on any atom is 0.240 e. The van der Waals surface area contributed by atoms with Gasteiger partial charge < -0.3 is 5.32 Å². The zero-order valence-corrected chi connectivity index (χ0v) is 14.1. The topological polar surface area (TPSA) is 58.2 Å². The Morgan fingerprint density at radius 1 is 1.33 bits per heavy atom. The van der Waals surface area contributed by atoms with Crippen molar-refractivity contribution >= 4 is 21.6 Å². The van der Waals surface area contributed by atoms with E-state index in [9.17, 15) is 8.42 Å². The molecule has 0 bridgehead atoms. The van der Waals surface area contributed by atoms with Crippen LogP contribution in [0.15, 0.2) is 23.1 Å². The van der Waals surface area contributed by atoms with E-state index in [0.717, 1.165) is 31.4 Å². The molecule has 0 aliphatic heterocycles. The normalized spacial score (nSPS) is 21.5. The van der Waals surface area contributed by atoms with Crippen molar-refractivity contribution in [2.24, 2.45) is 5.92 Å². The number of halogens is 1. The Bertz CT molecular complexity index is 589. The molecule has 1 saturated carbocycles. The van der Waals surface area contributed by atoms with Gasteiger partial charge in [-0.2, -0.15) is 0 Å². The molecule has 0 radical (unpaired) electrons. The van der Waals surface area contributed by atoms with Gasteiger partial charge in [-0.1, -0.05) is 37.9 Å². The lowest BCUT2D eigenvalue weighted by Gasteiger charge is -2.10. The third kappa shape index (κ3) is 4.42. The van der Waals surface area contributed by atoms with Crippen LogP contribution >= 0.6 is 11.6 Å². The van der Waals surface area contributed by atoms with Crippen molar-refractivity contribution < 1.29 is 8.42 Å². The van der Waals surface area contributed by atoms with Crippen LogP contribution in [-0.2, 0) is 16.6 Å². The maximum atomic E-state index is 12.3. The highest BCUT2D eigenvalue weighted by atomic mass is 35.5. The van der Waals surface area contributed by atoms with Crippen molar-refractivity contribution in [2.75, 3.05) is 6.54 Å². The van der Waals surface area contributed by atoms with E-state index in [4.69, 9.17) is 11.6 Å². The van der Waals surface area contributed by atoms with E-state index in [1.165, 1.54) is 6.07 Å². The van der Waals surface area contributed by atoms with Crippen LogP contribution in [0.1, 0.15) is 38.7 Å². The quantitative estimate of drug-likeness (QED) is 0.720. The van der Waals surface area contributed by atoms with Gasteiger partial charge in [0.15, 0.2) is 0 Å². The van der Waals surface area contributed by atoms with Crippen LogP contribution in [0.4, 0.5) is 0 Å². The molecule has 21 heavy (non-hydrogen) atoms. The van der Waals surface area contributed by atoms with E-state index in [2.05, 4.69) is 23.9 Å². The van der Waals surface area contributed by atoms with Crippen molar-refractivity contribution in [1.82, 2.24) is 10.0 Å². The fraction of sp³-hybridized carbons (Fsp3) is 0.600. The van der Waals surface area contributed by atoms with Gasteiger partial charge in [0.1, 0.15) is 0 Å². The molecule has 2 N–H and O–H groups in total. The molecule has 4 nitrogen and oxygen atoms in total. The maximum absolute atomic E-state index is 12.3. The van der Waals surface area contributed by atoms with Crippen LogP contribution in [-0.4, -0.2) is 21.0 Å². The summed E-state index contributed by atoms with van der Waals surface area (Å²) in [5.41, 5.74) is 0.918. The van der Waals surface area contributed by atoms with E-state index in [1.54, 1.807) is 12.1 Å². The molecule has 0 saturated heterocycles. The molecule has 2 atom stereocenters. The molecule has 6 heteroatoms. The largest absolute Gasteiger partial charge is 0.313 e. The molecule has 118 valence electrons. The molecular formula is C15H23ClN2O2S. The van der Waals surface area contributed by atoms with Gasteiger partial charge in [-0.05, 0) is 43.0 Å². The minimum Gasteiger partial charge on any atom is -0.313 e. The van der Waals surface area contributed by atoms with Crippen molar-refractivity contribution in [3.8, 4) is 0 Å². The molecular weight excluding hydrogens is 308 g/mol. The Morgan fingerprint density at radius 2 is 2.10 bits per heavy atom. The molecule has 1 fully saturated rings. The second kappa shape index (κ2) is 7.09. The first-order valence-corrected chi connectivity index (χ1v) is 9.35. The minimum absolute atomic E-state index is 0.0877. The summed E-state index contributed by atoms with van der Waals surface area (Å²) in [5.74, 6) is 0.479. The Balaban J connectivity index is 2.04. The number of rotatable bonds is 8. The number of nitrogens with one attached hydrogen (secondary N) is 2. The summed E-state index contributed by atoms with van der Waals surface area (Å²) in [7, 11) is -3.46. The number of hydrogen-bond acceptors (Lipinski definition) is 3. The van der Waals surface area contributed by atoms with Gasteiger partial charge in [0, 0.05) is 17.6 Å². The first-order valence-electron chi connectivity index (χ1n) is 7.49. The van der Waals surface area contributed by atoms with Gasteiger partial charge in [0.25, 0.3) is 0 Å². The Hall–Kier alpha value is -0.620.